The molecule has 118 valence electrons. The maximum Gasteiger partial charge on any atom is 0.306 e. The summed E-state index contributed by atoms with van der Waals surface area (Å²) in [4.78, 5) is 11.3. The number of benzene rings is 1. The minimum atomic E-state index is -0.538. The van der Waals surface area contributed by atoms with Crippen molar-refractivity contribution in [3.8, 4) is 0 Å². The molecule has 0 radical (unpaired) electrons. The zero-order valence-corrected chi connectivity index (χ0v) is 12.5. The van der Waals surface area contributed by atoms with Gasteiger partial charge in [-0.15, -0.1) is 0 Å². The molecule has 0 unspecified atom stereocenters. The highest BCUT2D eigenvalue weighted by atomic mass is 16.6. The van der Waals surface area contributed by atoms with E-state index in [0.29, 0.717) is 19.3 Å². The van der Waals surface area contributed by atoms with Crippen molar-refractivity contribution in [2.24, 2.45) is 11.8 Å². The molecule has 1 saturated heterocycles. The molecule has 1 heterocycles. The summed E-state index contributed by atoms with van der Waals surface area (Å²) in [6, 6.07) is 10.0. The average molecular weight is 302 g/mol. The lowest BCUT2D eigenvalue weighted by atomic mass is 9.91. The SMILES string of the molecule is O=C1C[C@@H]2[C@@H](/C=C\[C@@H](O)CCc3ccccc3)[C@H](O)C[C@@H]2O1. The van der Waals surface area contributed by atoms with Crippen LogP contribution in [-0.2, 0) is 16.0 Å². The van der Waals surface area contributed by atoms with Gasteiger partial charge in [0, 0.05) is 18.3 Å². The summed E-state index contributed by atoms with van der Waals surface area (Å²) in [6.45, 7) is 0. The van der Waals surface area contributed by atoms with Crippen molar-refractivity contribution in [1.29, 1.82) is 0 Å². The van der Waals surface area contributed by atoms with Gasteiger partial charge in [-0.05, 0) is 18.4 Å². The lowest BCUT2D eigenvalue weighted by molar-refractivity contribution is -0.141. The average Bonchev–Trinajstić information content (AvgIpc) is 2.99. The van der Waals surface area contributed by atoms with Crippen LogP contribution in [0.25, 0.3) is 0 Å². The van der Waals surface area contributed by atoms with Crippen molar-refractivity contribution < 1.29 is 19.7 Å². The van der Waals surface area contributed by atoms with Crippen molar-refractivity contribution in [2.75, 3.05) is 0 Å². The molecule has 1 aromatic rings. The summed E-state index contributed by atoms with van der Waals surface area (Å²) in [5.74, 6) is -0.215. The number of hydrogen-bond acceptors (Lipinski definition) is 4. The van der Waals surface area contributed by atoms with Crippen LogP contribution in [-0.4, -0.2) is 34.5 Å². The number of rotatable bonds is 5. The molecule has 1 aliphatic carbocycles. The molecule has 1 aliphatic heterocycles. The normalized spacial score (nSPS) is 32.2. The first-order chi connectivity index (χ1) is 10.6. The molecule has 3 rings (SSSR count). The first-order valence-electron chi connectivity index (χ1n) is 7.91. The number of fused-ring (bicyclic) bond motifs is 1. The molecular weight excluding hydrogens is 280 g/mol. The summed E-state index contributed by atoms with van der Waals surface area (Å²) < 4.78 is 5.20. The number of aliphatic hydroxyl groups is 2. The van der Waals surface area contributed by atoms with Gasteiger partial charge in [0.1, 0.15) is 6.10 Å². The molecule has 5 atom stereocenters. The van der Waals surface area contributed by atoms with Crippen LogP contribution in [0.4, 0.5) is 0 Å². The molecule has 1 saturated carbocycles. The molecule has 4 nitrogen and oxygen atoms in total. The Morgan fingerprint density at radius 3 is 2.86 bits per heavy atom. The highest BCUT2D eigenvalue weighted by Crippen LogP contribution is 2.42. The Labute approximate surface area is 130 Å². The van der Waals surface area contributed by atoms with E-state index in [9.17, 15) is 15.0 Å². The third kappa shape index (κ3) is 3.39. The van der Waals surface area contributed by atoms with Gasteiger partial charge in [0.25, 0.3) is 0 Å². The Morgan fingerprint density at radius 2 is 2.09 bits per heavy atom. The Kier molecular flexibility index (Phi) is 4.60. The smallest absolute Gasteiger partial charge is 0.306 e. The van der Waals surface area contributed by atoms with Gasteiger partial charge in [0.05, 0.1) is 18.6 Å². The zero-order chi connectivity index (χ0) is 15.5. The minimum absolute atomic E-state index is 0.0556. The fourth-order valence-electron chi connectivity index (χ4n) is 3.50. The van der Waals surface area contributed by atoms with E-state index in [1.54, 1.807) is 6.08 Å². The minimum Gasteiger partial charge on any atom is -0.462 e. The maximum absolute atomic E-state index is 11.3. The van der Waals surface area contributed by atoms with E-state index in [1.807, 2.05) is 36.4 Å². The lowest BCUT2D eigenvalue weighted by Gasteiger charge is -2.15. The molecule has 0 amide bonds. The van der Waals surface area contributed by atoms with Crippen LogP contribution in [0, 0.1) is 11.8 Å². The van der Waals surface area contributed by atoms with E-state index < -0.39 is 12.2 Å². The van der Waals surface area contributed by atoms with E-state index in [1.165, 1.54) is 5.56 Å². The van der Waals surface area contributed by atoms with Gasteiger partial charge >= 0.3 is 5.97 Å². The van der Waals surface area contributed by atoms with Crippen LogP contribution >= 0.6 is 0 Å². The maximum atomic E-state index is 11.3. The molecule has 2 fully saturated rings. The predicted octanol–water partition coefficient (Wildman–Crippen LogP) is 1.85. The van der Waals surface area contributed by atoms with E-state index in [-0.39, 0.29) is 23.9 Å². The van der Waals surface area contributed by atoms with Crippen LogP contribution in [0.5, 0.6) is 0 Å². The van der Waals surface area contributed by atoms with Crippen molar-refractivity contribution >= 4 is 5.97 Å². The molecule has 22 heavy (non-hydrogen) atoms. The van der Waals surface area contributed by atoms with Crippen LogP contribution in [0.2, 0.25) is 0 Å². The number of esters is 1. The standard InChI is InChI=1S/C18H22O4/c19-13(7-6-12-4-2-1-3-5-12)8-9-14-15-10-18(21)22-17(15)11-16(14)20/h1-5,8-9,13-17,19-20H,6-7,10-11H2/b9-8-/t13-,14+,15+,16+,17-/m0/s1. The van der Waals surface area contributed by atoms with E-state index in [4.69, 9.17) is 4.74 Å². The largest absolute Gasteiger partial charge is 0.462 e. The predicted molar refractivity (Wildman–Crippen MR) is 82.0 cm³/mol. The monoisotopic (exact) mass is 302 g/mol. The van der Waals surface area contributed by atoms with Crippen LogP contribution in [0.15, 0.2) is 42.5 Å². The summed E-state index contributed by atoms with van der Waals surface area (Å²) in [6.07, 6.45) is 4.78. The summed E-state index contributed by atoms with van der Waals surface area (Å²) in [5, 5.41) is 20.2. The second-order valence-electron chi connectivity index (χ2n) is 6.25. The quantitative estimate of drug-likeness (QED) is 0.643. The first-order valence-corrected chi connectivity index (χ1v) is 7.91. The highest BCUT2D eigenvalue weighted by Gasteiger charge is 2.48. The molecular formula is C18H22O4. The molecule has 4 heteroatoms. The second kappa shape index (κ2) is 6.63. The van der Waals surface area contributed by atoms with Gasteiger partial charge in [-0.2, -0.15) is 0 Å². The number of aryl methyl sites for hydroxylation is 1. The number of carbonyl (C=O) groups is 1. The number of carbonyl (C=O) groups excluding carboxylic acids is 1. The van der Waals surface area contributed by atoms with Gasteiger partial charge in [-0.25, -0.2) is 0 Å². The fourth-order valence-corrected chi connectivity index (χ4v) is 3.50. The Bertz CT molecular complexity index is 539. The van der Waals surface area contributed by atoms with E-state index >= 15 is 0 Å². The Morgan fingerprint density at radius 1 is 1.32 bits per heavy atom. The van der Waals surface area contributed by atoms with Crippen molar-refractivity contribution in [3.63, 3.8) is 0 Å². The lowest BCUT2D eigenvalue weighted by Crippen LogP contribution is -2.18. The molecule has 0 spiro atoms. The van der Waals surface area contributed by atoms with Crippen LogP contribution in [0.3, 0.4) is 0 Å². The molecule has 0 aromatic heterocycles. The van der Waals surface area contributed by atoms with Gasteiger partial charge < -0.3 is 14.9 Å². The number of hydrogen-bond donors (Lipinski definition) is 2. The van der Waals surface area contributed by atoms with E-state index in [0.717, 1.165) is 6.42 Å². The van der Waals surface area contributed by atoms with Crippen molar-refractivity contribution in [2.45, 2.75) is 44.0 Å². The van der Waals surface area contributed by atoms with Gasteiger partial charge in [0.15, 0.2) is 0 Å². The highest BCUT2D eigenvalue weighted by molar-refractivity contribution is 5.72. The van der Waals surface area contributed by atoms with Crippen LogP contribution < -0.4 is 0 Å². The Balaban J connectivity index is 1.53. The third-order valence-corrected chi connectivity index (χ3v) is 4.70. The number of ether oxygens (including phenoxy) is 1. The van der Waals surface area contributed by atoms with Gasteiger partial charge in [-0.1, -0.05) is 42.5 Å². The second-order valence-corrected chi connectivity index (χ2v) is 6.25. The number of aliphatic hydroxyl groups excluding tert-OH is 2. The van der Waals surface area contributed by atoms with Gasteiger partial charge in [0.2, 0.25) is 0 Å². The molecule has 0 bridgehead atoms. The fraction of sp³-hybridized carbons (Fsp3) is 0.500. The van der Waals surface area contributed by atoms with Crippen LogP contribution in [0.1, 0.15) is 24.8 Å². The zero-order valence-electron chi connectivity index (χ0n) is 12.5. The summed E-state index contributed by atoms with van der Waals surface area (Å²) >= 11 is 0. The van der Waals surface area contributed by atoms with Gasteiger partial charge in [-0.3, -0.25) is 4.79 Å². The topological polar surface area (TPSA) is 66.8 Å². The molecule has 1 aromatic carbocycles. The molecule has 2 aliphatic rings. The van der Waals surface area contributed by atoms with E-state index in [2.05, 4.69) is 0 Å². The Hall–Kier alpha value is -1.65. The summed E-state index contributed by atoms with van der Waals surface area (Å²) in [7, 11) is 0. The summed E-state index contributed by atoms with van der Waals surface area (Å²) in [5.41, 5.74) is 1.20. The van der Waals surface area contributed by atoms with Crippen molar-refractivity contribution in [1.82, 2.24) is 0 Å². The first kappa shape index (κ1) is 15.3. The third-order valence-electron chi connectivity index (χ3n) is 4.70. The van der Waals surface area contributed by atoms with Crippen molar-refractivity contribution in [3.05, 3.63) is 48.0 Å². The molecule has 2 N–H and O–H groups in total.